The number of carbonyl (C=O) groups is 1. The van der Waals surface area contributed by atoms with Crippen LogP contribution in [-0.2, 0) is 16.1 Å². The number of hydrogen-bond acceptors (Lipinski definition) is 4. The van der Waals surface area contributed by atoms with Gasteiger partial charge in [-0.2, -0.15) is 5.10 Å². The molecule has 3 rings (SSSR count). The number of hydrogen-bond donors (Lipinski definition) is 1. The van der Waals surface area contributed by atoms with Crippen LogP contribution in [0.3, 0.4) is 0 Å². The van der Waals surface area contributed by atoms with Crippen LogP contribution in [0.4, 0.5) is 0 Å². The van der Waals surface area contributed by atoms with Gasteiger partial charge in [0.25, 0.3) is 0 Å². The van der Waals surface area contributed by atoms with E-state index in [0.29, 0.717) is 30.2 Å². The lowest BCUT2D eigenvalue weighted by molar-refractivity contribution is -0.116. The van der Waals surface area contributed by atoms with Crippen molar-refractivity contribution in [1.29, 1.82) is 0 Å². The summed E-state index contributed by atoms with van der Waals surface area (Å²) in [5.74, 6) is 0.319. The summed E-state index contributed by atoms with van der Waals surface area (Å²) in [5.41, 5.74) is 3.92. The fourth-order valence-electron chi connectivity index (χ4n) is 3.85. The molecule has 1 unspecified atom stereocenters. The SMILES string of the molecule is Cc1ccc(Cn2nc(C)c(/C=C/C(=O)NCC(C(C)C)N3CCOCC3)c2Cl)cc1. The van der Waals surface area contributed by atoms with Crippen molar-refractivity contribution in [3.05, 3.63) is 57.9 Å². The molecule has 2 aromatic rings. The van der Waals surface area contributed by atoms with E-state index in [2.05, 4.69) is 60.4 Å². The Bertz CT molecular complexity index is 899. The van der Waals surface area contributed by atoms with Gasteiger partial charge in [-0.1, -0.05) is 55.3 Å². The summed E-state index contributed by atoms with van der Waals surface area (Å²) in [6.07, 6.45) is 3.30. The van der Waals surface area contributed by atoms with Crippen LogP contribution in [0.25, 0.3) is 6.08 Å². The van der Waals surface area contributed by atoms with E-state index in [1.54, 1.807) is 16.8 Å². The van der Waals surface area contributed by atoms with Crippen LogP contribution in [0.15, 0.2) is 30.3 Å². The highest BCUT2D eigenvalue weighted by Gasteiger charge is 2.24. The number of aromatic nitrogens is 2. The van der Waals surface area contributed by atoms with Gasteiger partial charge in [0.15, 0.2) is 0 Å². The number of rotatable bonds is 8. The van der Waals surface area contributed by atoms with E-state index in [0.717, 1.165) is 43.1 Å². The largest absolute Gasteiger partial charge is 0.379 e. The maximum atomic E-state index is 12.5. The molecule has 1 saturated heterocycles. The summed E-state index contributed by atoms with van der Waals surface area (Å²) in [4.78, 5) is 14.9. The number of nitrogens with zero attached hydrogens (tertiary/aromatic N) is 3. The van der Waals surface area contributed by atoms with Gasteiger partial charge in [0.2, 0.25) is 5.91 Å². The Morgan fingerprint density at radius 1 is 1.23 bits per heavy atom. The number of benzene rings is 1. The zero-order chi connectivity index (χ0) is 22.4. The van der Waals surface area contributed by atoms with Gasteiger partial charge in [-0.05, 0) is 31.4 Å². The van der Waals surface area contributed by atoms with Gasteiger partial charge in [-0.3, -0.25) is 9.69 Å². The summed E-state index contributed by atoms with van der Waals surface area (Å²) in [5, 5.41) is 8.13. The second-order valence-electron chi connectivity index (χ2n) is 8.47. The molecule has 1 fully saturated rings. The molecule has 7 heteroatoms. The van der Waals surface area contributed by atoms with Gasteiger partial charge in [0.05, 0.1) is 25.5 Å². The first-order chi connectivity index (χ1) is 14.8. The molecule has 6 nitrogen and oxygen atoms in total. The smallest absolute Gasteiger partial charge is 0.244 e. The molecule has 1 amide bonds. The monoisotopic (exact) mass is 444 g/mol. The lowest BCUT2D eigenvalue weighted by Crippen LogP contribution is -2.51. The molecule has 0 spiro atoms. The van der Waals surface area contributed by atoms with E-state index in [9.17, 15) is 4.79 Å². The summed E-state index contributed by atoms with van der Waals surface area (Å²) in [6, 6.07) is 8.60. The van der Waals surface area contributed by atoms with Crippen molar-refractivity contribution >= 4 is 23.6 Å². The molecule has 1 aromatic heterocycles. The molecular weight excluding hydrogens is 412 g/mol. The minimum Gasteiger partial charge on any atom is -0.379 e. The van der Waals surface area contributed by atoms with Crippen LogP contribution in [0.1, 0.15) is 36.2 Å². The zero-order valence-electron chi connectivity index (χ0n) is 18.9. The van der Waals surface area contributed by atoms with E-state index in [1.807, 2.05) is 6.92 Å². The number of morpholine rings is 1. The van der Waals surface area contributed by atoms with Gasteiger partial charge in [0.1, 0.15) is 5.15 Å². The summed E-state index contributed by atoms with van der Waals surface area (Å²) >= 11 is 6.56. The number of halogens is 1. The van der Waals surface area contributed by atoms with Crippen LogP contribution < -0.4 is 5.32 Å². The molecule has 1 aromatic carbocycles. The maximum absolute atomic E-state index is 12.5. The highest BCUT2D eigenvalue weighted by Crippen LogP contribution is 2.22. The Labute approximate surface area is 190 Å². The van der Waals surface area contributed by atoms with Crippen molar-refractivity contribution in [1.82, 2.24) is 20.0 Å². The van der Waals surface area contributed by atoms with Crippen molar-refractivity contribution in [2.45, 2.75) is 40.3 Å². The average Bonchev–Trinajstić information content (AvgIpc) is 3.01. The molecule has 31 heavy (non-hydrogen) atoms. The number of nitrogens with one attached hydrogen (secondary N) is 1. The second kappa shape index (κ2) is 10.9. The first kappa shape index (κ1) is 23.5. The van der Waals surface area contributed by atoms with Crippen LogP contribution in [0, 0.1) is 19.8 Å². The normalized spacial score (nSPS) is 16.2. The molecule has 168 valence electrons. The molecule has 2 heterocycles. The average molecular weight is 445 g/mol. The number of carbonyl (C=O) groups excluding carboxylic acids is 1. The first-order valence-electron chi connectivity index (χ1n) is 10.9. The third-order valence-electron chi connectivity index (χ3n) is 5.73. The van der Waals surface area contributed by atoms with Crippen molar-refractivity contribution in [3.63, 3.8) is 0 Å². The molecule has 1 aliphatic heterocycles. The standard InChI is InChI=1S/C24H33ClN4O2/c1-17(2)22(28-11-13-31-14-12-28)15-26-23(30)10-9-21-19(4)27-29(24(21)25)16-20-7-5-18(3)6-8-20/h5-10,17,22H,11-16H2,1-4H3,(H,26,30)/b10-9+. The number of ether oxygens (including phenoxy) is 1. The molecule has 0 saturated carbocycles. The van der Waals surface area contributed by atoms with E-state index in [4.69, 9.17) is 16.3 Å². The second-order valence-corrected chi connectivity index (χ2v) is 8.83. The molecule has 0 bridgehead atoms. The Balaban J connectivity index is 1.60. The quantitative estimate of drug-likeness (QED) is 0.631. The predicted octanol–water partition coefficient (Wildman–Crippen LogP) is 3.69. The fraction of sp³-hybridized carbons (Fsp3) is 0.500. The van der Waals surface area contributed by atoms with Crippen LogP contribution >= 0.6 is 11.6 Å². The van der Waals surface area contributed by atoms with Crippen LogP contribution in [0.5, 0.6) is 0 Å². The van der Waals surface area contributed by atoms with E-state index >= 15 is 0 Å². The third-order valence-corrected chi connectivity index (χ3v) is 6.13. The topological polar surface area (TPSA) is 59.4 Å². The fourth-order valence-corrected chi connectivity index (χ4v) is 4.14. The molecule has 0 radical (unpaired) electrons. The Morgan fingerprint density at radius 3 is 2.55 bits per heavy atom. The summed E-state index contributed by atoms with van der Waals surface area (Å²) < 4.78 is 7.22. The predicted molar refractivity (Wildman–Crippen MR) is 125 cm³/mol. The van der Waals surface area contributed by atoms with Crippen molar-refractivity contribution in [3.8, 4) is 0 Å². The van der Waals surface area contributed by atoms with Gasteiger partial charge in [0, 0.05) is 37.3 Å². The number of aryl methyl sites for hydroxylation is 2. The molecule has 1 N–H and O–H groups in total. The van der Waals surface area contributed by atoms with Crippen LogP contribution in [-0.4, -0.2) is 59.5 Å². The lowest BCUT2D eigenvalue weighted by Gasteiger charge is -2.36. The van der Waals surface area contributed by atoms with E-state index < -0.39 is 0 Å². The zero-order valence-corrected chi connectivity index (χ0v) is 19.7. The maximum Gasteiger partial charge on any atom is 0.244 e. The molecule has 1 atom stereocenters. The van der Waals surface area contributed by atoms with E-state index in [1.165, 1.54) is 5.56 Å². The van der Waals surface area contributed by atoms with Crippen LogP contribution in [0.2, 0.25) is 5.15 Å². The lowest BCUT2D eigenvalue weighted by atomic mass is 10.0. The highest BCUT2D eigenvalue weighted by atomic mass is 35.5. The van der Waals surface area contributed by atoms with Gasteiger partial charge >= 0.3 is 0 Å². The summed E-state index contributed by atoms with van der Waals surface area (Å²) in [7, 11) is 0. The van der Waals surface area contributed by atoms with E-state index in [-0.39, 0.29) is 5.91 Å². The third kappa shape index (κ3) is 6.42. The first-order valence-corrected chi connectivity index (χ1v) is 11.3. The molecule has 0 aliphatic carbocycles. The molecule has 1 aliphatic rings. The Kier molecular flexibility index (Phi) is 8.29. The van der Waals surface area contributed by atoms with Crippen molar-refractivity contribution < 1.29 is 9.53 Å². The Hall–Kier alpha value is -2.15. The van der Waals surface area contributed by atoms with Crippen molar-refractivity contribution in [2.75, 3.05) is 32.8 Å². The van der Waals surface area contributed by atoms with Gasteiger partial charge < -0.3 is 10.1 Å². The summed E-state index contributed by atoms with van der Waals surface area (Å²) in [6.45, 7) is 12.9. The highest BCUT2D eigenvalue weighted by molar-refractivity contribution is 6.31. The Morgan fingerprint density at radius 2 is 1.90 bits per heavy atom. The number of amides is 1. The minimum atomic E-state index is -0.124. The van der Waals surface area contributed by atoms with Crippen molar-refractivity contribution in [2.24, 2.45) is 5.92 Å². The van der Waals surface area contributed by atoms with Gasteiger partial charge in [-0.25, -0.2) is 4.68 Å². The van der Waals surface area contributed by atoms with Gasteiger partial charge in [-0.15, -0.1) is 0 Å². The minimum absolute atomic E-state index is 0.124. The molecular formula is C24H33ClN4O2.